The first kappa shape index (κ1) is 19.1. The second kappa shape index (κ2) is 8.33. The molecule has 0 fully saturated rings. The van der Waals surface area contributed by atoms with Crippen molar-refractivity contribution in [3.8, 4) is 17.2 Å². The molecule has 2 aromatic carbocycles. The van der Waals surface area contributed by atoms with Crippen molar-refractivity contribution in [3.05, 3.63) is 54.1 Å². The van der Waals surface area contributed by atoms with Gasteiger partial charge in [-0.25, -0.2) is 0 Å². The minimum Gasteiger partial charge on any atom is -0.497 e. The summed E-state index contributed by atoms with van der Waals surface area (Å²) < 4.78 is 17.0. The highest BCUT2D eigenvalue weighted by molar-refractivity contribution is 5.76. The van der Waals surface area contributed by atoms with Gasteiger partial charge in [0.25, 0.3) is 0 Å². The number of rotatable bonds is 7. The van der Waals surface area contributed by atoms with Crippen molar-refractivity contribution in [3.63, 3.8) is 0 Å². The molecular formula is C22H27NO4. The standard InChI is InChI=1S/C22H27NO4/c1-22(2)15-19(18-14-17(25-3)11-12-20(18)27-22)23-21(24)10-7-13-26-16-8-5-4-6-9-16/h4-6,8-9,11-12,14,19H,7,10,13,15H2,1-3H3,(H,23,24)/t19-/m0/s1. The number of fused-ring (bicyclic) bond motifs is 1. The van der Waals surface area contributed by atoms with Gasteiger partial charge in [0.2, 0.25) is 5.91 Å². The van der Waals surface area contributed by atoms with Crippen molar-refractivity contribution in [1.82, 2.24) is 5.32 Å². The van der Waals surface area contributed by atoms with Crippen molar-refractivity contribution >= 4 is 5.91 Å². The van der Waals surface area contributed by atoms with Gasteiger partial charge in [0, 0.05) is 18.4 Å². The maximum absolute atomic E-state index is 12.5. The van der Waals surface area contributed by atoms with Crippen LogP contribution in [0.5, 0.6) is 17.2 Å². The van der Waals surface area contributed by atoms with Crippen molar-refractivity contribution in [2.45, 2.75) is 44.8 Å². The summed E-state index contributed by atoms with van der Waals surface area (Å²) in [6.07, 6.45) is 1.79. The first-order valence-electron chi connectivity index (χ1n) is 9.31. The van der Waals surface area contributed by atoms with Crippen LogP contribution >= 0.6 is 0 Å². The lowest BCUT2D eigenvalue weighted by Crippen LogP contribution is -2.41. The number of hydrogen-bond acceptors (Lipinski definition) is 4. The number of nitrogens with one attached hydrogen (secondary N) is 1. The molecule has 2 aromatic rings. The van der Waals surface area contributed by atoms with Gasteiger partial charge in [0.15, 0.2) is 0 Å². The molecule has 27 heavy (non-hydrogen) atoms. The van der Waals surface area contributed by atoms with E-state index in [-0.39, 0.29) is 17.6 Å². The van der Waals surface area contributed by atoms with Gasteiger partial charge in [-0.3, -0.25) is 4.79 Å². The number of ether oxygens (including phenoxy) is 3. The Hall–Kier alpha value is -2.69. The molecular weight excluding hydrogens is 342 g/mol. The van der Waals surface area contributed by atoms with Crippen molar-refractivity contribution in [2.24, 2.45) is 0 Å². The largest absolute Gasteiger partial charge is 0.497 e. The lowest BCUT2D eigenvalue weighted by atomic mass is 9.89. The lowest BCUT2D eigenvalue weighted by Gasteiger charge is -2.38. The molecule has 3 rings (SSSR count). The Morgan fingerprint density at radius 2 is 1.96 bits per heavy atom. The Balaban J connectivity index is 1.57. The first-order valence-corrected chi connectivity index (χ1v) is 9.31. The normalized spacial score (nSPS) is 17.4. The van der Waals surface area contributed by atoms with E-state index in [1.807, 2.05) is 62.4 Å². The Morgan fingerprint density at radius 1 is 1.19 bits per heavy atom. The van der Waals surface area contributed by atoms with Crippen LogP contribution in [0.2, 0.25) is 0 Å². The molecule has 0 bridgehead atoms. The quantitative estimate of drug-likeness (QED) is 0.741. The highest BCUT2D eigenvalue weighted by Crippen LogP contribution is 2.41. The number of amides is 1. The van der Waals surface area contributed by atoms with E-state index in [2.05, 4.69) is 5.32 Å². The van der Waals surface area contributed by atoms with Crippen LogP contribution in [-0.2, 0) is 4.79 Å². The number of benzene rings is 2. The third kappa shape index (κ3) is 5.16. The van der Waals surface area contributed by atoms with Crippen LogP contribution < -0.4 is 19.5 Å². The summed E-state index contributed by atoms with van der Waals surface area (Å²) in [4.78, 5) is 12.5. The second-order valence-corrected chi connectivity index (χ2v) is 7.35. The van der Waals surface area contributed by atoms with E-state index in [0.717, 1.165) is 22.8 Å². The van der Waals surface area contributed by atoms with E-state index in [0.29, 0.717) is 25.9 Å². The number of para-hydroxylation sites is 1. The van der Waals surface area contributed by atoms with Gasteiger partial charge in [-0.1, -0.05) is 18.2 Å². The van der Waals surface area contributed by atoms with Crippen LogP contribution in [0.1, 0.15) is 44.7 Å². The van der Waals surface area contributed by atoms with E-state index >= 15 is 0 Å². The fourth-order valence-corrected chi connectivity index (χ4v) is 3.29. The zero-order valence-corrected chi connectivity index (χ0v) is 16.2. The fourth-order valence-electron chi connectivity index (χ4n) is 3.29. The monoisotopic (exact) mass is 369 g/mol. The Bertz CT molecular complexity index is 773. The summed E-state index contributed by atoms with van der Waals surface area (Å²) in [5.74, 6) is 2.39. The van der Waals surface area contributed by atoms with E-state index in [4.69, 9.17) is 14.2 Å². The molecule has 0 aliphatic carbocycles. The summed E-state index contributed by atoms with van der Waals surface area (Å²) in [6, 6.07) is 15.3. The molecule has 0 unspecified atom stereocenters. The van der Waals surface area contributed by atoms with Crippen molar-refractivity contribution in [2.75, 3.05) is 13.7 Å². The maximum atomic E-state index is 12.5. The predicted molar refractivity (Wildman–Crippen MR) is 104 cm³/mol. The van der Waals surface area contributed by atoms with Crippen LogP contribution in [-0.4, -0.2) is 25.2 Å². The highest BCUT2D eigenvalue weighted by atomic mass is 16.5. The van der Waals surface area contributed by atoms with Crippen molar-refractivity contribution < 1.29 is 19.0 Å². The molecule has 1 aliphatic rings. The molecule has 144 valence electrons. The van der Waals surface area contributed by atoms with Gasteiger partial charge in [-0.15, -0.1) is 0 Å². The molecule has 1 atom stereocenters. The summed E-state index contributed by atoms with van der Waals surface area (Å²) in [5, 5.41) is 3.15. The summed E-state index contributed by atoms with van der Waals surface area (Å²) in [6.45, 7) is 4.58. The molecule has 5 heteroatoms. The molecule has 1 aliphatic heterocycles. The molecule has 5 nitrogen and oxygen atoms in total. The Kier molecular flexibility index (Phi) is 5.89. The van der Waals surface area contributed by atoms with Crippen LogP contribution in [0, 0.1) is 0 Å². The second-order valence-electron chi connectivity index (χ2n) is 7.35. The predicted octanol–water partition coefficient (Wildman–Crippen LogP) is 4.27. The SMILES string of the molecule is COc1ccc2c(c1)[C@@H](NC(=O)CCCOc1ccccc1)CC(C)(C)O2. The molecule has 0 saturated carbocycles. The van der Waals surface area contributed by atoms with Gasteiger partial charge in [-0.2, -0.15) is 0 Å². The van der Waals surface area contributed by atoms with Gasteiger partial charge in [0.05, 0.1) is 19.8 Å². The van der Waals surface area contributed by atoms with Crippen LogP contribution in [0.4, 0.5) is 0 Å². The fraction of sp³-hybridized carbons (Fsp3) is 0.409. The average Bonchev–Trinajstić information content (AvgIpc) is 2.65. The zero-order valence-electron chi connectivity index (χ0n) is 16.2. The van der Waals surface area contributed by atoms with E-state index in [1.165, 1.54) is 0 Å². The van der Waals surface area contributed by atoms with Crippen molar-refractivity contribution in [1.29, 1.82) is 0 Å². The molecule has 1 heterocycles. The highest BCUT2D eigenvalue weighted by Gasteiger charge is 2.34. The minimum absolute atomic E-state index is 0.0168. The summed E-state index contributed by atoms with van der Waals surface area (Å²) >= 11 is 0. The Labute approximate surface area is 160 Å². The molecule has 0 radical (unpaired) electrons. The van der Waals surface area contributed by atoms with Gasteiger partial charge >= 0.3 is 0 Å². The number of methoxy groups -OCH3 is 1. The smallest absolute Gasteiger partial charge is 0.220 e. The van der Waals surface area contributed by atoms with Gasteiger partial charge < -0.3 is 19.5 Å². The molecule has 0 spiro atoms. The van der Waals surface area contributed by atoms with Crippen LogP contribution in [0.25, 0.3) is 0 Å². The topological polar surface area (TPSA) is 56.8 Å². The van der Waals surface area contributed by atoms with Crippen LogP contribution in [0.3, 0.4) is 0 Å². The lowest BCUT2D eigenvalue weighted by molar-refractivity contribution is -0.122. The van der Waals surface area contributed by atoms with E-state index in [9.17, 15) is 4.79 Å². The summed E-state index contributed by atoms with van der Waals surface area (Å²) in [7, 11) is 1.63. The minimum atomic E-state index is -0.337. The van der Waals surface area contributed by atoms with Gasteiger partial charge in [-0.05, 0) is 50.6 Å². The zero-order chi connectivity index (χ0) is 19.3. The summed E-state index contributed by atoms with van der Waals surface area (Å²) in [5.41, 5.74) is 0.623. The van der Waals surface area contributed by atoms with E-state index < -0.39 is 0 Å². The average molecular weight is 369 g/mol. The number of carbonyl (C=O) groups is 1. The third-order valence-corrected chi connectivity index (χ3v) is 4.57. The number of carbonyl (C=O) groups excluding carboxylic acids is 1. The number of hydrogen-bond donors (Lipinski definition) is 1. The third-order valence-electron chi connectivity index (χ3n) is 4.57. The molecule has 0 aromatic heterocycles. The maximum Gasteiger partial charge on any atom is 0.220 e. The molecule has 0 saturated heterocycles. The Morgan fingerprint density at radius 3 is 2.70 bits per heavy atom. The van der Waals surface area contributed by atoms with Gasteiger partial charge in [0.1, 0.15) is 22.8 Å². The molecule has 1 amide bonds. The van der Waals surface area contributed by atoms with Crippen LogP contribution in [0.15, 0.2) is 48.5 Å². The molecule has 1 N–H and O–H groups in total. The first-order chi connectivity index (χ1) is 13.0. The van der Waals surface area contributed by atoms with E-state index in [1.54, 1.807) is 7.11 Å².